The van der Waals surface area contributed by atoms with E-state index in [0.717, 1.165) is 0 Å². The molecule has 0 aliphatic rings. The van der Waals surface area contributed by atoms with Crippen LogP contribution in [-0.2, 0) is 6.54 Å². The maximum Gasteiger partial charge on any atom is 0.350 e. The van der Waals surface area contributed by atoms with Crippen LogP contribution in [0.5, 0.6) is 0 Å². The maximum absolute atomic E-state index is 12.2. The van der Waals surface area contributed by atoms with Crippen LogP contribution in [0.4, 0.5) is 0 Å². The van der Waals surface area contributed by atoms with Gasteiger partial charge in [-0.15, -0.1) is 16.9 Å². The van der Waals surface area contributed by atoms with Gasteiger partial charge in [-0.1, -0.05) is 6.07 Å². The number of hydrogen-bond donors (Lipinski definition) is 0. The Morgan fingerprint density at radius 3 is 2.87 bits per heavy atom. The van der Waals surface area contributed by atoms with E-state index in [2.05, 4.69) is 21.1 Å². The number of thioether (sulfide) groups is 1. The number of rotatable bonds is 4. The van der Waals surface area contributed by atoms with Crippen LogP contribution in [0.15, 0.2) is 34.2 Å². The zero-order valence-electron chi connectivity index (χ0n) is 12.7. The van der Waals surface area contributed by atoms with Crippen LogP contribution in [0.1, 0.15) is 17.1 Å². The third-order valence-electron chi connectivity index (χ3n) is 3.31. The van der Waals surface area contributed by atoms with Crippen molar-refractivity contribution in [3.8, 4) is 6.07 Å². The van der Waals surface area contributed by atoms with Crippen molar-refractivity contribution in [2.24, 2.45) is 0 Å². The summed E-state index contributed by atoms with van der Waals surface area (Å²) in [6, 6.07) is 7.56. The van der Waals surface area contributed by atoms with E-state index in [1.165, 1.54) is 20.8 Å². The summed E-state index contributed by atoms with van der Waals surface area (Å²) in [5.41, 5.74) is 1.61. The van der Waals surface area contributed by atoms with Crippen LogP contribution in [0.3, 0.4) is 0 Å². The van der Waals surface area contributed by atoms with Gasteiger partial charge in [0.25, 0.3) is 0 Å². The second kappa shape index (κ2) is 6.22. The Morgan fingerprint density at radius 2 is 2.13 bits per heavy atom. The predicted molar refractivity (Wildman–Crippen MR) is 86.4 cm³/mol. The molecule has 0 unspecified atom stereocenters. The first-order valence-electron chi connectivity index (χ1n) is 7.02. The van der Waals surface area contributed by atoms with Crippen LogP contribution in [0, 0.1) is 25.2 Å². The van der Waals surface area contributed by atoms with Crippen molar-refractivity contribution in [1.29, 1.82) is 5.26 Å². The lowest BCUT2D eigenvalue weighted by Gasteiger charge is -2.06. The van der Waals surface area contributed by atoms with Gasteiger partial charge < -0.3 is 0 Å². The van der Waals surface area contributed by atoms with Gasteiger partial charge in [0.05, 0.1) is 12.2 Å². The van der Waals surface area contributed by atoms with Gasteiger partial charge in [-0.2, -0.15) is 5.26 Å². The highest BCUT2D eigenvalue weighted by molar-refractivity contribution is 7.99. The van der Waals surface area contributed by atoms with Gasteiger partial charge >= 0.3 is 5.69 Å². The van der Waals surface area contributed by atoms with Crippen LogP contribution in [0.25, 0.3) is 5.65 Å². The molecule has 0 spiro atoms. The van der Waals surface area contributed by atoms with Gasteiger partial charge in [-0.25, -0.2) is 19.4 Å². The van der Waals surface area contributed by atoms with E-state index in [1.54, 1.807) is 32.2 Å². The lowest BCUT2D eigenvalue weighted by atomic mass is 10.3. The van der Waals surface area contributed by atoms with Gasteiger partial charge in [-0.05, 0) is 26.0 Å². The summed E-state index contributed by atoms with van der Waals surface area (Å²) in [7, 11) is 0. The van der Waals surface area contributed by atoms with Gasteiger partial charge in [0.15, 0.2) is 5.65 Å². The van der Waals surface area contributed by atoms with Crippen molar-refractivity contribution < 1.29 is 0 Å². The van der Waals surface area contributed by atoms with Crippen LogP contribution in [0.2, 0.25) is 0 Å². The SMILES string of the molecule is Cc1nc(C)c(C#N)c(SCCn2nc3ccccn3c2=O)n1. The topological polar surface area (TPSA) is 88.9 Å². The van der Waals surface area contributed by atoms with Crippen molar-refractivity contribution in [3.63, 3.8) is 0 Å². The molecular formula is C15H14N6OS. The second-order valence-corrected chi connectivity index (χ2v) is 6.01. The lowest BCUT2D eigenvalue weighted by Crippen LogP contribution is -2.22. The summed E-state index contributed by atoms with van der Waals surface area (Å²) in [5, 5.41) is 14.2. The summed E-state index contributed by atoms with van der Waals surface area (Å²) in [5.74, 6) is 1.22. The molecule has 3 heterocycles. The van der Waals surface area contributed by atoms with E-state index in [-0.39, 0.29) is 5.69 Å². The summed E-state index contributed by atoms with van der Waals surface area (Å²) < 4.78 is 2.93. The van der Waals surface area contributed by atoms with E-state index < -0.39 is 0 Å². The Balaban J connectivity index is 1.78. The number of nitriles is 1. The predicted octanol–water partition coefficient (Wildman–Crippen LogP) is 1.57. The molecule has 0 aromatic carbocycles. The van der Waals surface area contributed by atoms with Gasteiger partial charge in [0.1, 0.15) is 22.5 Å². The molecule has 0 radical (unpaired) electrons. The molecule has 0 aliphatic carbocycles. The molecule has 0 atom stereocenters. The summed E-state index contributed by atoms with van der Waals surface area (Å²) in [4.78, 5) is 20.7. The normalized spacial score (nSPS) is 10.8. The van der Waals surface area contributed by atoms with Crippen LogP contribution >= 0.6 is 11.8 Å². The molecule has 0 amide bonds. The van der Waals surface area contributed by atoms with E-state index in [1.807, 2.05) is 6.07 Å². The van der Waals surface area contributed by atoms with E-state index in [0.29, 0.717) is 40.1 Å². The third kappa shape index (κ3) is 2.96. The molecule has 23 heavy (non-hydrogen) atoms. The Bertz CT molecular complexity index is 968. The van der Waals surface area contributed by atoms with Gasteiger partial charge in [-0.3, -0.25) is 4.40 Å². The second-order valence-electron chi connectivity index (χ2n) is 4.93. The Hall–Kier alpha value is -2.66. The Kier molecular flexibility index (Phi) is 4.12. The third-order valence-corrected chi connectivity index (χ3v) is 4.27. The van der Waals surface area contributed by atoms with Gasteiger partial charge in [0, 0.05) is 11.9 Å². The van der Waals surface area contributed by atoms with Crippen molar-refractivity contribution >= 4 is 17.4 Å². The first kappa shape index (κ1) is 15.2. The number of pyridine rings is 1. The smallest absolute Gasteiger partial charge is 0.250 e. The van der Waals surface area contributed by atoms with Gasteiger partial charge in [0.2, 0.25) is 0 Å². The Labute approximate surface area is 136 Å². The molecule has 0 aliphatic heterocycles. The van der Waals surface area contributed by atoms with Crippen molar-refractivity contribution in [2.45, 2.75) is 25.4 Å². The fraction of sp³-hybridized carbons (Fsp3) is 0.267. The van der Waals surface area contributed by atoms with Crippen molar-refractivity contribution in [1.82, 2.24) is 24.1 Å². The highest BCUT2D eigenvalue weighted by Gasteiger charge is 2.11. The lowest BCUT2D eigenvalue weighted by molar-refractivity contribution is 0.639. The monoisotopic (exact) mass is 326 g/mol. The first-order chi connectivity index (χ1) is 11.1. The molecule has 8 heteroatoms. The van der Waals surface area contributed by atoms with E-state index in [4.69, 9.17) is 0 Å². The highest BCUT2D eigenvalue weighted by atomic mass is 32.2. The average molecular weight is 326 g/mol. The molecule has 0 bridgehead atoms. The van der Waals surface area contributed by atoms with E-state index in [9.17, 15) is 10.1 Å². The number of fused-ring (bicyclic) bond motifs is 1. The summed E-state index contributed by atoms with van der Waals surface area (Å²) in [6.45, 7) is 4.03. The minimum Gasteiger partial charge on any atom is -0.250 e. The Morgan fingerprint density at radius 1 is 1.30 bits per heavy atom. The average Bonchev–Trinajstić information content (AvgIpc) is 2.84. The summed E-state index contributed by atoms with van der Waals surface area (Å²) in [6.07, 6.45) is 1.69. The number of aryl methyl sites for hydroxylation is 3. The van der Waals surface area contributed by atoms with Crippen LogP contribution in [-0.4, -0.2) is 29.9 Å². The fourth-order valence-corrected chi connectivity index (χ4v) is 3.25. The minimum absolute atomic E-state index is 0.170. The number of nitrogens with zero attached hydrogens (tertiary/aromatic N) is 6. The molecule has 0 fully saturated rings. The molecule has 3 rings (SSSR count). The molecule has 116 valence electrons. The quantitative estimate of drug-likeness (QED) is 0.534. The summed E-state index contributed by atoms with van der Waals surface area (Å²) >= 11 is 1.43. The molecule has 0 saturated carbocycles. The number of hydrogen-bond acceptors (Lipinski definition) is 6. The van der Waals surface area contributed by atoms with Crippen molar-refractivity contribution in [2.75, 3.05) is 5.75 Å². The van der Waals surface area contributed by atoms with E-state index >= 15 is 0 Å². The molecule has 3 aromatic heterocycles. The minimum atomic E-state index is -0.170. The standard InChI is InChI=1S/C15H14N6OS/c1-10-12(9-16)14(18-11(2)17-10)23-8-7-21-15(22)20-6-4-3-5-13(20)19-21/h3-6H,7-8H2,1-2H3. The largest absolute Gasteiger partial charge is 0.350 e. The fourth-order valence-electron chi connectivity index (χ4n) is 2.26. The number of aromatic nitrogens is 5. The van der Waals surface area contributed by atoms with Crippen LogP contribution < -0.4 is 5.69 Å². The molecular weight excluding hydrogens is 312 g/mol. The molecule has 0 N–H and O–H groups in total. The zero-order chi connectivity index (χ0) is 16.4. The highest BCUT2D eigenvalue weighted by Crippen LogP contribution is 2.21. The molecule has 0 saturated heterocycles. The molecule has 3 aromatic rings. The van der Waals surface area contributed by atoms with Crippen molar-refractivity contribution in [3.05, 3.63) is 52.0 Å². The first-order valence-corrected chi connectivity index (χ1v) is 8.01. The zero-order valence-corrected chi connectivity index (χ0v) is 13.5. The maximum atomic E-state index is 12.2. The molecule has 7 nitrogen and oxygen atoms in total.